The van der Waals surface area contributed by atoms with Crippen molar-refractivity contribution in [2.45, 2.75) is 24.2 Å². The summed E-state index contributed by atoms with van der Waals surface area (Å²) in [6, 6.07) is 79.9. The molecule has 4 nitrogen and oxygen atoms in total. The van der Waals surface area contributed by atoms with Gasteiger partial charge in [0.1, 0.15) is 23.0 Å². The molecule has 0 amide bonds. The predicted octanol–water partition coefficient (Wildman–Crippen LogP) is 11.1. The van der Waals surface area contributed by atoms with Crippen molar-refractivity contribution >= 4 is 74.1 Å². The van der Waals surface area contributed by atoms with Crippen molar-refractivity contribution in [1.82, 2.24) is 0 Å². The number of benzene rings is 8. The van der Waals surface area contributed by atoms with E-state index in [0.717, 1.165) is 48.2 Å². The van der Waals surface area contributed by atoms with E-state index in [1.54, 1.807) is 14.2 Å². The van der Waals surface area contributed by atoms with Gasteiger partial charge in [0.2, 0.25) is 0 Å². The van der Waals surface area contributed by atoms with Gasteiger partial charge in [0.25, 0.3) is 0 Å². The Bertz CT molecular complexity index is 2530. The Hall–Kier alpha value is -5.32. The number of ether oxygens (including phenoxy) is 4. The minimum atomic E-state index is -1.13. The Morgan fingerprint density at radius 3 is 0.924 bits per heavy atom. The monoisotopic (exact) mass is 942 g/mol. The maximum absolute atomic E-state index is 6.37. The molecule has 334 valence electrons. The SMILES string of the molecule is COc1ccccc1P(CCC(C(CCP(c1ccccc1)c1ccccc1)P(c1ccccc1)c1ccccc1)P(c1ccccc1OC)c1ccccc1OC)c1ccccc1OC. The van der Waals surface area contributed by atoms with Gasteiger partial charge < -0.3 is 18.9 Å². The molecule has 8 aromatic rings. The summed E-state index contributed by atoms with van der Waals surface area (Å²) in [5.41, 5.74) is 0.396. The van der Waals surface area contributed by atoms with E-state index in [4.69, 9.17) is 18.9 Å². The summed E-state index contributed by atoms with van der Waals surface area (Å²) in [4.78, 5) is 0. The van der Waals surface area contributed by atoms with E-state index in [9.17, 15) is 0 Å². The van der Waals surface area contributed by atoms with Gasteiger partial charge in [0.05, 0.1) is 28.4 Å². The fraction of sp³-hybridized carbons (Fsp3) is 0.172. The summed E-state index contributed by atoms with van der Waals surface area (Å²) >= 11 is 0. The molecule has 2 atom stereocenters. The molecule has 0 fully saturated rings. The van der Waals surface area contributed by atoms with Crippen molar-refractivity contribution in [3.63, 3.8) is 0 Å². The largest absolute Gasteiger partial charge is 0.496 e. The summed E-state index contributed by atoms with van der Waals surface area (Å²) in [5.74, 6) is 3.64. The summed E-state index contributed by atoms with van der Waals surface area (Å²) in [6.07, 6.45) is 3.90. The lowest BCUT2D eigenvalue weighted by molar-refractivity contribution is 0.417. The Morgan fingerprint density at radius 2 is 0.561 bits per heavy atom. The van der Waals surface area contributed by atoms with Crippen LogP contribution in [0.5, 0.6) is 23.0 Å². The fourth-order valence-corrected chi connectivity index (χ4v) is 21.4. The first-order chi connectivity index (χ1) is 32.6. The van der Waals surface area contributed by atoms with Crippen LogP contribution in [0, 0.1) is 0 Å². The predicted molar refractivity (Wildman–Crippen MR) is 289 cm³/mol. The third-order valence-electron chi connectivity index (χ3n) is 12.1. The molecule has 0 saturated heterocycles. The van der Waals surface area contributed by atoms with Crippen LogP contribution in [-0.2, 0) is 0 Å². The van der Waals surface area contributed by atoms with Crippen LogP contribution in [0.3, 0.4) is 0 Å². The lowest BCUT2D eigenvalue weighted by Crippen LogP contribution is -2.37. The maximum Gasteiger partial charge on any atom is 0.126 e. The molecule has 0 N–H and O–H groups in total. The van der Waals surface area contributed by atoms with Gasteiger partial charge in [0, 0.05) is 21.2 Å². The van der Waals surface area contributed by atoms with Gasteiger partial charge in [-0.05, 0) is 114 Å². The van der Waals surface area contributed by atoms with E-state index < -0.39 is 31.7 Å². The summed E-state index contributed by atoms with van der Waals surface area (Å²) in [5, 5.41) is 10.5. The summed E-state index contributed by atoms with van der Waals surface area (Å²) in [6.45, 7) is 0. The molecule has 66 heavy (non-hydrogen) atoms. The van der Waals surface area contributed by atoms with Crippen LogP contribution in [0.15, 0.2) is 218 Å². The van der Waals surface area contributed by atoms with Gasteiger partial charge in [-0.15, -0.1) is 0 Å². The van der Waals surface area contributed by atoms with Crippen molar-refractivity contribution in [3.8, 4) is 23.0 Å². The van der Waals surface area contributed by atoms with E-state index in [1.807, 2.05) is 14.2 Å². The average Bonchev–Trinajstić information content (AvgIpc) is 3.39. The normalized spacial score (nSPS) is 12.3. The first-order valence-electron chi connectivity index (χ1n) is 22.5. The molecule has 2 unspecified atom stereocenters. The van der Waals surface area contributed by atoms with Gasteiger partial charge in [-0.1, -0.05) is 194 Å². The zero-order chi connectivity index (χ0) is 45.5. The molecule has 0 aromatic heterocycles. The Morgan fingerprint density at radius 1 is 0.288 bits per heavy atom. The smallest absolute Gasteiger partial charge is 0.126 e. The molecule has 0 aliphatic heterocycles. The zero-order valence-electron chi connectivity index (χ0n) is 38.2. The van der Waals surface area contributed by atoms with E-state index in [0.29, 0.717) is 0 Å². The molecule has 0 spiro atoms. The highest BCUT2D eigenvalue weighted by Crippen LogP contribution is 2.58. The van der Waals surface area contributed by atoms with Gasteiger partial charge in [-0.3, -0.25) is 0 Å². The minimum Gasteiger partial charge on any atom is -0.496 e. The molecule has 0 heterocycles. The third-order valence-corrected chi connectivity index (χ3v) is 23.5. The zero-order valence-corrected chi connectivity index (χ0v) is 41.8. The first-order valence-corrected chi connectivity index (χ1v) is 28.4. The summed E-state index contributed by atoms with van der Waals surface area (Å²) in [7, 11) is 3.53. The van der Waals surface area contributed by atoms with Crippen molar-refractivity contribution < 1.29 is 18.9 Å². The molecule has 0 radical (unpaired) electrons. The van der Waals surface area contributed by atoms with Crippen molar-refractivity contribution in [2.24, 2.45) is 0 Å². The topological polar surface area (TPSA) is 36.9 Å². The Kier molecular flexibility index (Phi) is 17.1. The Labute approximate surface area is 397 Å². The second kappa shape index (κ2) is 23.9. The number of methoxy groups -OCH3 is 4. The molecule has 8 aromatic carbocycles. The van der Waals surface area contributed by atoms with Crippen LogP contribution in [0.25, 0.3) is 0 Å². The fourth-order valence-electron chi connectivity index (χ4n) is 9.06. The highest BCUT2D eigenvalue weighted by molar-refractivity contribution is 7.78. The quantitative estimate of drug-likeness (QED) is 0.0673. The highest BCUT2D eigenvalue weighted by Gasteiger charge is 2.41. The molecular formula is C58H58O4P4. The molecule has 0 aliphatic rings. The molecule has 0 saturated carbocycles. The third kappa shape index (κ3) is 11.1. The van der Waals surface area contributed by atoms with Crippen LogP contribution < -0.4 is 61.4 Å². The molecule has 8 rings (SSSR count). The van der Waals surface area contributed by atoms with Gasteiger partial charge >= 0.3 is 0 Å². The van der Waals surface area contributed by atoms with Crippen molar-refractivity contribution in [2.75, 3.05) is 40.8 Å². The number of hydrogen-bond donors (Lipinski definition) is 0. The lowest BCUT2D eigenvalue weighted by atomic mass is 10.2. The van der Waals surface area contributed by atoms with Gasteiger partial charge in [-0.25, -0.2) is 0 Å². The first kappa shape index (κ1) is 47.2. The molecule has 0 aliphatic carbocycles. The van der Waals surface area contributed by atoms with E-state index in [2.05, 4.69) is 218 Å². The molecular weight excluding hydrogens is 885 g/mol. The Balaban J connectivity index is 1.40. The van der Waals surface area contributed by atoms with Crippen LogP contribution in [0.1, 0.15) is 12.8 Å². The number of hydrogen-bond acceptors (Lipinski definition) is 4. The maximum atomic E-state index is 6.37. The number of para-hydroxylation sites is 4. The van der Waals surface area contributed by atoms with Crippen LogP contribution >= 0.6 is 31.7 Å². The van der Waals surface area contributed by atoms with Gasteiger partial charge in [-0.2, -0.15) is 0 Å². The summed E-state index contributed by atoms with van der Waals surface area (Å²) < 4.78 is 25.1. The van der Waals surface area contributed by atoms with Crippen molar-refractivity contribution in [3.05, 3.63) is 218 Å². The van der Waals surface area contributed by atoms with E-state index in [-0.39, 0.29) is 11.3 Å². The lowest BCUT2D eigenvalue weighted by Gasteiger charge is -2.41. The standard InChI is InChI=1S/C58H58O4P4/c1-59-49-33-17-21-37-53(49)64(54-38-22-18-34-50(54)60-2)44-42-58(66(55-39-23-19-35-51(55)61-3)56-40-24-20-36-52(56)62-4)57(65(47-29-13-7-14-30-47)48-31-15-8-16-32-48)41-43-63(45-25-9-5-10-26-45)46-27-11-6-12-28-46/h5-40,57-58H,41-44H2,1-4H3. The minimum absolute atomic E-state index is 0.164. The van der Waals surface area contributed by atoms with E-state index >= 15 is 0 Å². The van der Waals surface area contributed by atoms with Crippen LogP contribution in [-0.4, -0.2) is 52.1 Å². The van der Waals surface area contributed by atoms with Crippen LogP contribution in [0.2, 0.25) is 0 Å². The second-order valence-electron chi connectivity index (χ2n) is 15.8. The van der Waals surface area contributed by atoms with Crippen molar-refractivity contribution in [1.29, 1.82) is 0 Å². The van der Waals surface area contributed by atoms with Crippen LogP contribution in [0.4, 0.5) is 0 Å². The number of rotatable bonds is 21. The average molecular weight is 943 g/mol. The van der Waals surface area contributed by atoms with Gasteiger partial charge in [0.15, 0.2) is 0 Å². The van der Waals surface area contributed by atoms with E-state index in [1.165, 1.54) is 42.4 Å². The highest BCUT2D eigenvalue weighted by atomic mass is 31.1. The molecule has 8 heteroatoms. The molecule has 0 bridgehead atoms. The second-order valence-corrected chi connectivity index (χ2v) is 25.2.